The number of sulfonamides is 1. The molecule has 2 aliphatic carbocycles. The Morgan fingerprint density at radius 2 is 1.78 bits per heavy atom. The number of likely N-dealkylation sites (tertiary alicyclic amines) is 1. The maximum Gasteiger partial charge on any atom is 0.297 e. The third kappa shape index (κ3) is 10.2. The molecular formula is C55H67N7O11S. The largest absolute Gasteiger partial charge is 0.489 e. The molecule has 6 heterocycles. The van der Waals surface area contributed by atoms with E-state index in [0.29, 0.717) is 74.4 Å². The molecule has 0 bridgehead atoms. The lowest BCUT2D eigenvalue weighted by molar-refractivity contribution is -0.384. The van der Waals surface area contributed by atoms with Gasteiger partial charge < -0.3 is 44.0 Å². The maximum absolute atomic E-state index is 14.5. The van der Waals surface area contributed by atoms with Crippen LogP contribution < -0.4 is 29.1 Å². The maximum atomic E-state index is 14.5. The zero-order valence-electron chi connectivity index (χ0n) is 42.3. The number of pyridine rings is 1. The lowest BCUT2D eigenvalue weighted by Crippen LogP contribution is -2.63. The Balaban J connectivity index is 0.843. The zero-order chi connectivity index (χ0) is 51.4. The SMILES string of the molecule is CC(C)c1ccccc1[C@H]1CCC[C@H]1N1CC2(CCN(c3ccc(C(=O)NS(=O)(=O)c4cc5c(c([N+](=O)[O-])c4)N[C@@H]([C@H]4CC[C@](C)(O)CC4)CO5)c(Oc4cc5cc[nH]c5nc4OC[C@@H]4COCCO4)c3)CC2)C1. The van der Waals surface area contributed by atoms with Crippen molar-refractivity contribution >= 4 is 44.0 Å². The minimum Gasteiger partial charge on any atom is -0.489 e. The Morgan fingerprint density at radius 3 is 2.54 bits per heavy atom. The molecule has 4 N–H and O–H groups in total. The van der Waals surface area contributed by atoms with Crippen molar-refractivity contribution in [3.05, 3.63) is 99.7 Å². The van der Waals surface area contributed by atoms with Gasteiger partial charge in [-0.05, 0) is 117 Å². The molecule has 394 valence electrons. The van der Waals surface area contributed by atoms with E-state index in [1.807, 2.05) is 6.07 Å². The quantitative estimate of drug-likeness (QED) is 0.0604. The lowest BCUT2D eigenvalue weighted by Gasteiger charge is -2.57. The van der Waals surface area contributed by atoms with E-state index in [2.05, 4.69) is 62.9 Å². The fraction of sp³-hybridized carbons (Fsp3) is 0.527. The van der Waals surface area contributed by atoms with Crippen LogP contribution in [-0.4, -0.2) is 122 Å². The Morgan fingerprint density at radius 1 is 0.986 bits per heavy atom. The molecule has 3 saturated heterocycles. The van der Waals surface area contributed by atoms with E-state index in [0.717, 1.165) is 50.8 Å². The van der Waals surface area contributed by atoms with Crippen LogP contribution in [0.15, 0.2) is 77.8 Å². The monoisotopic (exact) mass is 1030 g/mol. The standard InChI is InChI=1S/C55H67N7O11S/c1-34(2)40-7-4-5-8-41(40)42-9-6-10-45(42)61-32-55(33-61)18-21-60(22-19-55)37-11-12-43(47(26-37)73-49-25-36-15-20-56-51(36)58-53(49)72-30-38-29-69-23-24-70-38)52(63)59-74(67,68)39-27-46(62(65)66)50-48(28-39)71-31-44(57-50)35-13-16-54(3,64)17-14-35/h4-5,7-8,11-12,15,20,25-28,34-35,38,42,44-45,57,64H,6,9-10,13-14,16-19,21-24,29-33H2,1-3H3,(H,56,58)(H,59,63)/t35-,38-,42+,44+,45+,54-/m0/s1. The van der Waals surface area contributed by atoms with Gasteiger partial charge in [-0.15, -0.1) is 0 Å². The number of hydrogen-bond acceptors (Lipinski definition) is 15. The van der Waals surface area contributed by atoms with Crippen molar-refractivity contribution in [3.8, 4) is 23.1 Å². The van der Waals surface area contributed by atoms with E-state index in [9.17, 15) is 28.4 Å². The molecule has 11 rings (SSSR count). The Kier molecular flexibility index (Phi) is 13.7. The van der Waals surface area contributed by atoms with Gasteiger partial charge in [0.05, 0.1) is 46.8 Å². The van der Waals surface area contributed by atoms with E-state index in [-0.39, 0.29) is 71.1 Å². The summed E-state index contributed by atoms with van der Waals surface area (Å²) < 4.78 is 60.9. The number of ether oxygens (including phenoxy) is 5. The minimum atomic E-state index is -4.74. The van der Waals surface area contributed by atoms with Gasteiger partial charge in [0.2, 0.25) is 0 Å². The van der Waals surface area contributed by atoms with Crippen LogP contribution in [0.5, 0.6) is 23.1 Å². The summed E-state index contributed by atoms with van der Waals surface area (Å²) in [6, 6.07) is 20.1. The summed E-state index contributed by atoms with van der Waals surface area (Å²) in [6.07, 6.45) is 9.64. The molecule has 1 amide bonds. The van der Waals surface area contributed by atoms with Crippen LogP contribution in [0.2, 0.25) is 0 Å². The Labute approximate surface area is 431 Å². The van der Waals surface area contributed by atoms with E-state index in [1.54, 1.807) is 37.4 Å². The number of piperidine rings is 1. The van der Waals surface area contributed by atoms with Crippen LogP contribution in [0.3, 0.4) is 0 Å². The van der Waals surface area contributed by atoms with Crippen molar-refractivity contribution in [2.75, 3.05) is 69.4 Å². The summed E-state index contributed by atoms with van der Waals surface area (Å²) >= 11 is 0. The number of carbonyl (C=O) groups is 1. The molecule has 0 unspecified atom stereocenters. The predicted octanol–water partition coefficient (Wildman–Crippen LogP) is 8.65. The predicted molar refractivity (Wildman–Crippen MR) is 278 cm³/mol. The van der Waals surface area contributed by atoms with Crippen molar-refractivity contribution in [1.29, 1.82) is 0 Å². The number of aromatic nitrogens is 2. The number of nitro groups is 1. The summed E-state index contributed by atoms with van der Waals surface area (Å²) in [7, 11) is -4.74. The number of nitro benzene ring substituents is 1. The minimum absolute atomic E-state index is 0.0158. The number of nitrogens with zero attached hydrogens (tertiary/aromatic N) is 4. The van der Waals surface area contributed by atoms with Crippen LogP contribution in [0.1, 0.15) is 112 Å². The fourth-order valence-electron chi connectivity index (χ4n) is 12.4. The van der Waals surface area contributed by atoms with Gasteiger partial charge in [0.15, 0.2) is 17.2 Å². The van der Waals surface area contributed by atoms with E-state index in [1.165, 1.54) is 36.5 Å². The second-order valence-corrected chi connectivity index (χ2v) is 23.7. The lowest BCUT2D eigenvalue weighted by atomic mass is 9.70. The number of rotatable bonds is 14. The molecule has 74 heavy (non-hydrogen) atoms. The first-order valence-corrected chi connectivity index (χ1v) is 27.8. The molecule has 2 saturated carbocycles. The smallest absolute Gasteiger partial charge is 0.297 e. The Bertz CT molecular complexity index is 3000. The summed E-state index contributed by atoms with van der Waals surface area (Å²) in [5.74, 6) is 0.448. The second kappa shape index (κ2) is 20.3. The number of hydrogen-bond donors (Lipinski definition) is 4. The molecular weight excluding hydrogens is 967 g/mol. The topological polar surface area (TPSA) is 220 Å². The van der Waals surface area contributed by atoms with Crippen LogP contribution in [0, 0.1) is 21.4 Å². The molecule has 3 aromatic carbocycles. The number of aromatic amines is 1. The average molecular weight is 1030 g/mol. The summed E-state index contributed by atoms with van der Waals surface area (Å²) in [6.45, 7) is 11.6. The first-order chi connectivity index (χ1) is 35.6. The number of H-pyrrole nitrogens is 1. The number of fused-ring (bicyclic) bond motifs is 2. The van der Waals surface area contributed by atoms with E-state index in [4.69, 9.17) is 28.7 Å². The summed E-state index contributed by atoms with van der Waals surface area (Å²) in [5.41, 5.74) is 3.24. The number of anilines is 2. The van der Waals surface area contributed by atoms with Gasteiger partial charge in [0, 0.05) is 67.7 Å². The van der Waals surface area contributed by atoms with Gasteiger partial charge in [-0.3, -0.25) is 19.8 Å². The van der Waals surface area contributed by atoms with Gasteiger partial charge in [0.25, 0.3) is 27.5 Å². The third-order valence-electron chi connectivity index (χ3n) is 16.6. The normalized spacial score (nSPS) is 26.0. The van der Waals surface area contributed by atoms with Crippen LogP contribution in [-0.2, 0) is 19.5 Å². The molecule has 4 aliphatic heterocycles. The zero-order valence-corrected chi connectivity index (χ0v) is 43.2. The van der Waals surface area contributed by atoms with Crippen molar-refractivity contribution in [1.82, 2.24) is 19.6 Å². The highest BCUT2D eigenvalue weighted by Crippen LogP contribution is 2.50. The van der Waals surface area contributed by atoms with Gasteiger partial charge in [-0.25, -0.2) is 13.1 Å². The summed E-state index contributed by atoms with van der Waals surface area (Å²) in [4.78, 5) is 38.6. The number of carbonyl (C=O) groups excluding carboxylic acids is 1. The number of benzene rings is 3. The third-order valence-corrected chi connectivity index (χ3v) is 17.9. The highest BCUT2D eigenvalue weighted by Gasteiger charge is 2.49. The Hall–Kier alpha value is -5.99. The van der Waals surface area contributed by atoms with E-state index >= 15 is 0 Å². The fourth-order valence-corrected chi connectivity index (χ4v) is 13.4. The molecule has 18 nitrogen and oxygen atoms in total. The van der Waals surface area contributed by atoms with E-state index < -0.39 is 37.0 Å². The molecule has 1 spiro atoms. The molecule has 5 aromatic rings. The first kappa shape index (κ1) is 50.2. The van der Waals surface area contributed by atoms with Crippen LogP contribution >= 0.6 is 0 Å². The summed E-state index contributed by atoms with van der Waals surface area (Å²) in [5, 5.41) is 27.0. The molecule has 19 heteroatoms. The molecule has 6 aliphatic rings. The number of amides is 1. The van der Waals surface area contributed by atoms with Crippen LogP contribution in [0.4, 0.5) is 17.1 Å². The molecule has 2 aromatic heterocycles. The van der Waals surface area contributed by atoms with Crippen molar-refractivity contribution < 1.29 is 46.9 Å². The second-order valence-electron chi connectivity index (χ2n) is 22.1. The van der Waals surface area contributed by atoms with Gasteiger partial charge in [0.1, 0.15) is 30.7 Å². The van der Waals surface area contributed by atoms with Crippen molar-refractivity contribution in [2.24, 2.45) is 11.3 Å². The highest BCUT2D eigenvalue weighted by molar-refractivity contribution is 7.90. The van der Waals surface area contributed by atoms with Gasteiger partial charge in [-0.1, -0.05) is 44.5 Å². The highest BCUT2D eigenvalue weighted by atomic mass is 32.2. The average Bonchev–Trinajstić information content (AvgIpc) is 4.07. The van der Waals surface area contributed by atoms with Gasteiger partial charge in [-0.2, -0.15) is 4.98 Å². The van der Waals surface area contributed by atoms with Crippen molar-refractivity contribution in [3.63, 3.8) is 0 Å². The van der Waals surface area contributed by atoms with Crippen molar-refractivity contribution in [2.45, 2.75) is 119 Å². The molecule has 0 radical (unpaired) electrons. The van der Waals surface area contributed by atoms with Gasteiger partial charge >= 0.3 is 0 Å². The first-order valence-electron chi connectivity index (χ1n) is 26.3. The number of aliphatic hydroxyl groups is 1. The molecule has 4 atom stereocenters. The molecule has 5 fully saturated rings. The van der Waals surface area contributed by atoms with Crippen LogP contribution in [0.25, 0.3) is 11.0 Å². The number of nitrogens with one attached hydrogen (secondary N) is 3.